The summed E-state index contributed by atoms with van der Waals surface area (Å²) in [5, 5.41) is 9.38. The normalized spacial score (nSPS) is 16.4. The molecule has 1 aliphatic heterocycles. The number of rotatable bonds is 9. The Labute approximate surface area is 215 Å². The molecular formula is C26H32N4O6S. The van der Waals surface area contributed by atoms with Crippen LogP contribution in [0.2, 0.25) is 0 Å². The number of benzene rings is 2. The summed E-state index contributed by atoms with van der Waals surface area (Å²) < 4.78 is 29.2. The number of fused-ring (bicyclic) bond motifs is 1. The van der Waals surface area contributed by atoms with Crippen LogP contribution < -0.4 is 11.0 Å². The topological polar surface area (TPSA) is 131 Å². The van der Waals surface area contributed by atoms with Crippen LogP contribution in [0.3, 0.4) is 0 Å². The van der Waals surface area contributed by atoms with Gasteiger partial charge in [0.05, 0.1) is 30.4 Å². The Morgan fingerprint density at radius 2 is 1.78 bits per heavy atom. The largest absolute Gasteiger partial charge is 0.379 e. The minimum absolute atomic E-state index is 0.0631. The molecule has 4 rings (SSSR count). The van der Waals surface area contributed by atoms with E-state index in [-0.39, 0.29) is 18.5 Å². The molecular weight excluding hydrogens is 496 g/mol. The van der Waals surface area contributed by atoms with Gasteiger partial charge in [0, 0.05) is 32.4 Å². The Bertz CT molecular complexity index is 1430. The Balaban J connectivity index is 1.49. The zero-order valence-corrected chi connectivity index (χ0v) is 21.8. The summed E-state index contributed by atoms with van der Waals surface area (Å²) in [5.74, 6) is -1.05. The van der Waals surface area contributed by atoms with Crippen LogP contribution in [0, 0.1) is 0 Å². The standard InChI is InChI=1S/C26H32N4O6S/c1-26(25(32)28-33,37(2,34)35)10-12-30-18-27-23-17-21(7-8-22(23)24(30)31)20-5-3-19(4-6-20)9-11-29-13-15-36-16-14-29/h3-8,17-18,33H,9-16H2,1-2H3,(H,28,32)/t26-/m0/s1. The number of hydrogen-bond donors (Lipinski definition) is 2. The summed E-state index contributed by atoms with van der Waals surface area (Å²) >= 11 is 0. The van der Waals surface area contributed by atoms with Gasteiger partial charge in [0.25, 0.3) is 11.5 Å². The number of aromatic nitrogens is 2. The van der Waals surface area contributed by atoms with Crippen molar-refractivity contribution in [3.05, 3.63) is 64.7 Å². The number of carbonyl (C=O) groups excluding carboxylic acids is 1. The maximum atomic E-state index is 13.0. The van der Waals surface area contributed by atoms with Crippen LogP contribution in [0.1, 0.15) is 18.9 Å². The Morgan fingerprint density at radius 3 is 2.43 bits per heavy atom. The molecule has 0 spiro atoms. The van der Waals surface area contributed by atoms with Crippen molar-refractivity contribution in [2.75, 3.05) is 39.1 Å². The van der Waals surface area contributed by atoms with Gasteiger partial charge in [-0.15, -0.1) is 0 Å². The fraction of sp³-hybridized carbons (Fsp3) is 0.423. The fourth-order valence-electron chi connectivity index (χ4n) is 4.39. The highest BCUT2D eigenvalue weighted by molar-refractivity contribution is 7.92. The van der Waals surface area contributed by atoms with Crippen molar-refractivity contribution in [1.29, 1.82) is 0 Å². The van der Waals surface area contributed by atoms with E-state index < -0.39 is 20.5 Å². The van der Waals surface area contributed by atoms with Crippen LogP contribution in [0.25, 0.3) is 22.0 Å². The van der Waals surface area contributed by atoms with E-state index >= 15 is 0 Å². The lowest BCUT2D eigenvalue weighted by Gasteiger charge is -2.26. The monoisotopic (exact) mass is 528 g/mol. The number of hydrogen-bond acceptors (Lipinski definition) is 8. The lowest BCUT2D eigenvalue weighted by atomic mass is 10.0. The second-order valence-electron chi connectivity index (χ2n) is 9.57. The van der Waals surface area contributed by atoms with Gasteiger partial charge in [-0.3, -0.25) is 24.3 Å². The summed E-state index contributed by atoms with van der Waals surface area (Å²) in [7, 11) is -3.87. The van der Waals surface area contributed by atoms with E-state index in [2.05, 4.69) is 34.1 Å². The highest BCUT2D eigenvalue weighted by Gasteiger charge is 2.43. The van der Waals surface area contributed by atoms with Crippen LogP contribution in [-0.4, -0.2) is 77.8 Å². The molecule has 11 heteroatoms. The summed E-state index contributed by atoms with van der Waals surface area (Å²) in [5.41, 5.74) is 4.80. The molecule has 2 aromatic carbocycles. The first kappa shape index (κ1) is 26.9. The SMILES string of the molecule is C[C@](CCn1cnc2cc(-c3ccc(CCN4CCOCC4)cc3)ccc2c1=O)(C(=O)NO)S(C)(=O)=O. The minimum atomic E-state index is -3.87. The lowest BCUT2D eigenvalue weighted by molar-refractivity contribution is -0.131. The predicted octanol–water partition coefficient (Wildman–Crippen LogP) is 1.64. The first-order valence-corrected chi connectivity index (χ1v) is 14.0. The fourth-order valence-corrected chi connectivity index (χ4v) is 5.24. The third kappa shape index (κ3) is 5.90. The summed E-state index contributed by atoms with van der Waals surface area (Å²) in [6.45, 7) is 5.68. The molecule has 1 aromatic heterocycles. The van der Waals surface area contributed by atoms with Gasteiger partial charge in [0.15, 0.2) is 14.6 Å². The highest BCUT2D eigenvalue weighted by atomic mass is 32.2. The molecule has 1 saturated heterocycles. The first-order chi connectivity index (χ1) is 17.6. The Hall–Kier alpha value is -3.12. The number of hydroxylamine groups is 1. The second kappa shape index (κ2) is 11.1. The maximum absolute atomic E-state index is 13.0. The molecule has 2 heterocycles. The van der Waals surface area contributed by atoms with Gasteiger partial charge in [-0.25, -0.2) is 18.9 Å². The molecule has 3 aromatic rings. The van der Waals surface area contributed by atoms with Gasteiger partial charge < -0.3 is 4.74 Å². The van der Waals surface area contributed by atoms with Gasteiger partial charge in [-0.05, 0) is 48.6 Å². The van der Waals surface area contributed by atoms with Crippen molar-refractivity contribution in [2.45, 2.75) is 31.1 Å². The molecule has 198 valence electrons. The van der Waals surface area contributed by atoms with Crippen LogP contribution in [-0.2, 0) is 32.3 Å². The van der Waals surface area contributed by atoms with Gasteiger partial charge in [-0.1, -0.05) is 30.3 Å². The average molecular weight is 529 g/mol. The third-order valence-electron chi connectivity index (χ3n) is 7.16. The molecule has 10 nitrogen and oxygen atoms in total. The highest BCUT2D eigenvalue weighted by Crippen LogP contribution is 2.24. The molecule has 0 unspecified atom stereocenters. The van der Waals surface area contributed by atoms with Crippen molar-refractivity contribution in [2.24, 2.45) is 0 Å². The number of ether oxygens (including phenoxy) is 1. The van der Waals surface area contributed by atoms with Crippen molar-refractivity contribution < 1.29 is 23.2 Å². The number of sulfone groups is 1. The van der Waals surface area contributed by atoms with Crippen molar-refractivity contribution in [1.82, 2.24) is 19.9 Å². The number of carbonyl (C=O) groups is 1. The molecule has 0 saturated carbocycles. The van der Waals surface area contributed by atoms with Gasteiger partial charge in [0.1, 0.15) is 0 Å². The Morgan fingerprint density at radius 1 is 1.11 bits per heavy atom. The summed E-state index contributed by atoms with van der Waals surface area (Å²) in [6.07, 6.45) is 3.03. The van der Waals surface area contributed by atoms with E-state index in [0.717, 1.165) is 56.7 Å². The molecule has 0 bridgehead atoms. The van der Waals surface area contributed by atoms with E-state index in [1.165, 1.54) is 28.9 Å². The van der Waals surface area contributed by atoms with Crippen molar-refractivity contribution in [3.63, 3.8) is 0 Å². The van der Waals surface area contributed by atoms with E-state index in [1.807, 2.05) is 12.1 Å². The third-order valence-corrected chi connectivity index (χ3v) is 9.19. The molecule has 37 heavy (non-hydrogen) atoms. The summed E-state index contributed by atoms with van der Waals surface area (Å²) in [4.78, 5) is 31.9. The van der Waals surface area contributed by atoms with E-state index in [1.54, 1.807) is 6.07 Å². The molecule has 1 aliphatic rings. The zero-order chi connectivity index (χ0) is 26.6. The van der Waals surface area contributed by atoms with Crippen molar-refractivity contribution >= 4 is 26.6 Å². The van der Waals surface area contributed by atoms with Gasteiger partial charge in [-0.2, -0.15) is 0 Å². The van der Waals surface area contributed by atoms with Gasteiger partial charge in [0.2, 0.25) is 0 Å². The Kier molecular flexibility index (Phi) is 8.08. The number of amides is 1. The maximum Gasteiger partial charge on any atom is 0.264 e. The van der Waals surface area contributed by atoms with E-state index in [9.17, 15) is 18.0 Å². The lowest BCUT2D eigenvalue weighted by Crippen LogP contribution is -2.50. The minimum Gasteiger partial charge on any atom is -0.379 e. The molecule has 0 radical (unpaired) electrons. The smallest absolute Gasteiger partial charge is 0.264 e. The predicted molar refractivity (Wildman–Crippen MR) is 140 cm³/mol. The van der Waals surface area contributed by atoms with Crippen LogP contribution in [0.4, 0.5) is 0 Å². The van der Waals surface area contributed by atoms with Crippen LogP contribution in [0.15, 0.2) is 53.6 Å². The molecule has 1 fully saturated rings. The first-order valence-electron chi connectivity index (χ1n) is 12.1. The molecule has 1 atom stereocenters. The summed E-state index contributed by atoms with van der Waals surface area (Å²) in [6, 6.07) is 13.8. The van der Waals surface area contributed by atoms with Crippen LogP contribution in [0.5, 0.6) is 0 Å². The van der Waals surface area contributed by atoms with Crippen molar-refractivity contribution in [3.8, 4) is 11.1 Å². The molecule has 0 aliphatic carbocycles. The number of nitrogens with one attached hydrogen (secondary N) is 1. The second-order valence-corrected chi connectivity index (χ2v) is 12.0. The molecule has 2 N–H and O–H groups in total. The van der Waals surface area contributed by atoms with Gasteiger partial charge >= 0.3 is 0 Å². The number of aryl methyl sites for hydroxylation is 1. The van der Waals surface area contributed by atoms with E-state index in [0.29, 0.717) is 10.9 Å². The molecule has 1 amide bonds. The van der Waals surface area contributed by atoms with Crippen LogP contribution >= 0.6 is 0 Å². The number of nitrogens with zero attached hydrogens (tertiary/aromatic N) is 3. The quantitative estimate of drug-likeness (QED) is 0.317. The zero-order valence-electron chi connectivity index (χ0n) is 21.0. The number of morpholine rings is 1. The average Bonchev–Trinajstić information content (AvgIpc) is 2.91. The van der Waals surface area contributed by atoms with E-state index in [4.69, 9.17) is 9.94 Å².